The van der Waals surface area contributed by atoms with Crippen LogP contribution in [0.5, 0.6) is 11.5 Å². The molecule has 0 aliphatic rings. The van der Waals surface area contributed by atoms with Gasteiger partial charge in [-0.3, -0.25) is 0 Å². The summed E-state index contributed by atoms with van der Waals surface area (Å²) in [6, 6.07) is 15.6. The zero-order chi connectivity index (χ0) is 15.2. The van der Waals surface area contributed by atoms with Crippen LogP contribution in [0.4, 0.5) is 0 Å². The van der Waals surface area contributed by atoms with Gasteiger partial charge in [0.2, 0.25) is 0 Å². The van der Waals surface area contributed by atoms with Gasteiger partial charge in [-0.25, -0.2) is 0 Å². The van der Waals surface area contributed by atoms with Crippen molar-refractivity contribution >= 4 is 15.9 Å². The first-order chi connectivity index (χ1) is 10.1. The molecule has 0 aliphatic carbocycles. The van der Waals surface area contributed by atoms with E-state index in [9.17, 15) is 0 Å². The van der Waals surface area contributed by atoms with E-state index in [1.54, 1.807) is 7.11 Å². The fraction of sp³-hybridized carbons (Fsp3) is 0.294. The van der Waals surface area contributed by atoms with Crippen LogP contribution >= 0.6 is 15.9 Å². The minimum atomic E-state index is -0.195. The lowest BCUT2D eigenvalue weighted by Gasteiger charge is -2.25. The van der Waals surface area contributed by atoms with Crippen LogP contribution in [0.2, 0.25) is 0 Å². The van der Waals surface area contributed by atoms with Gasteiger partial charge in [0.25, 0.3) is 0 Å². The van der Waals surface area contributed by atoms with Gasteiger partial charge < -0.3 is 15.2 Å². The third kappa shape index (κ3) is 4.22. The van der Waals surface area contributed by atoms with Crippen molar-refractivity contribution in [3.05, 3.63) is 58.6 Å². The van der Waals surface area contributed by atoms with Gasteiger partial charge in [-0.2, -0.15) is 0 Å². The SMILES string of the molecule is CCC(N)C(Oc1cccc(OC)c1)c1cccc(Br)c1. The quantitative estimate of drug-likeness (QED) is 0.844. The molecule has 112 valence electrons. The zero-order valence-electron chi connectivity index (χ0n) is 12.3. The predicted octanol–water partition coefficient (Wildman–Crippen LogP) is 4.32. The van der Waals surface area contributed by atoms with Crippen LogP contribution in [0.3, 0.4) is 0 Å². The molecular weight excluding hydrogens is 330 g/mol. The fourth-order valence-electron chi connectivity index (χ4n) is 2.12. The van der Waals surface area contributed by atoms with E-state index in [0.29, 0.717) is 0 Å². The number of methoxy groups -OCH3 is 1. The average Bonchev–Trinajstić information content (AvgIpc) is 2.52. The van der Waals surface area contributed by atoms with Crippen molar-refractivity contribution in [2.45, 2.75) is 25.5 Å². The maximum Gasteiger partial charge on any atom is 0.139 e. The van der Waals surface area contributed by atoms with E-state index in [0.717, 1.165) is 28.0 Å². The van der Waals surface area contributed by atoms with Gasteiger partial charge in [0.15, 0.2) is 0 Å². The van der Waals surface area contributed by atoms with E-state index in [2.05, 4.69) is 22.9 Å². The molecule has 2 unspecified atom stereocenters. The average molecular weight is 350 g/mol. The van der Waals surface area contributed by atoms with Crippen LogP contribution in [-0.2, 0) is 0 Å². The predicted molar refractivity (Wildman–Crippen MR) is 88.8 cm³/mol. The molecule has 0 heterocycles. The summed E-state index contributed by atoms with van der Waals surface area (Å²) in [6.45, 7) is 2.06. The summed E-state index contributed by atoms with van der Waals surface area (Å²) < 4.78 is 12.4. The van der Waals surface area contributed by atoms with Crippen LogP contribution < -0.4 is 15.2 Å². The molecule has 2 aromatic carbocycles. The number of rotatable bonds is 6. The Hall–Kier alpha value is -1.52. The van der Waals surface area contributed by atoms with E-state index >= 15 is 0 Å². The summed E-state index contributed by atoms with van der Waals surface area (Å²) in [4.78, 5) is 0. The van der Waals surface area contributed by atoms with Gasteiger partial charge in [-0.15, -0.1) is 0 Å². The Kier molecular flexibility index (Phi) is 5.65. The van der Waals surface area contributed by atoms with Crippen LogP contribution in [0.15, 0.2) is 53.0 Å². The largest absolute Gasteiger partial charge is 0.497 e. The molecule has 2 aromatic rings. The monoisotopic (exact) mass is 349 g/mol. The van der Waals surface area contributed by atoms with Crippen molar-refractivity contribution < 1.29 is 9.47 Å². The van der Waals surface area contributed by atoms with Crippen molar-refractivity contribution in [2.75, 3.05) is 7.11 Å². The second-order valence-corrected chi connectivity index (χ2v) is 5.76. The lowest BCUT2D eigenvalue weighted by atomic mass is 10.0. The minimum absolute atomic E-state index is 0.0782. The summed E-state index contributed by atoms with van der Waals surface area (Å²) in [7, 11) is 1.64. The highest BCUT2D eigenvalue weighted by molar-refractivity contribution is 9.10. The van der Waals surface area contributed by atoms with Crippen LogP contribution in [0, 0.1) is 0 Å². The van der Waals surface area contributed by atoms with E-state index in [-0.39, 0.29) is 12.1 Å². The molecule has 0 amide bonds. The third-order valence-electron chi connectivity index (χ3n) is 3.34. The van der Waals surface area contributed by atoms with Crippen LogP contribution in [0.25, 0.3) is 0 Å². The Morgan fingerprint density at radius 3 is 2.48 bits per heavy atom. The molecule has 2 atom stereocenters. The summed E-state index contributed by atoms with van der Waals surface area (Å²) in [5.41, 5.74) is 7.30. The van der Waals surface area contributed by atoms with E-state index in [4.69, 9.17) is 15.2 Å². The number of ether oxygens (including phenoxy) is 2. The Bertz CT molecular complexity index is 589. The van der Waals surface area contributed by atoms with Crippen molar-refractivity contribution in [3.8, 4) is 11.5 Å². The van der Waals surface area contributed by atoms with Crippen LogP contribution in [-0.4, -0.2) is 13.2 Å². The Labute approximate surface area is 134 Å². The first-order valence-electron chi connectivity index (χ1n) is 6.95. The standard InChI is InChI=1S/C17H20BrNO2/c1-3-16(19)17(12-6-4-7-13(18)10-12)21-15-9-5-8-14(11-15)20-2/h4-11,16-17H,3,19H2,1-2H3. The number of nitrogens with two attached hydrogens (primary N) is 1. The molecule has 21 heavy (non-hydrogen) atoms. The molecule has 0 saturated carbocycles. The maximum absolute atomic E-state index is 6.25. The highest BCUT2D eigenvalue weighted by atomic mass is 79.9. The molecule has 0 fully saturated rings. The number of hydrogen-bond acceptors (Lipinski definition) is 3. The molecule has 2 N–H and O–H groups in total. The molecule has 0 radical (unpaired) electrons. The normalized spacial score (nSPS) is 13.5. The van der Waals surface area contributed by atoms with E-state index in [1.165, 1.54) is 0 Å². The van der Waals surface area contributed by atoms with E-state index < -0.39 is 0 Å². The van der Waals surface area contributed by atoms with Gasteiger partial charge in [0, 0.05) is 16.6 Å². The molecule has 0 aromatic heterocycles. The number of benzene rings is 2. The molecule has 3 nitrogen and oxygen atoms in total. The number of hydrogen-bond donors (Lipinski definition) is 1. The van der Waals surface area contributed by atoms with Gasteiger partial charge >= 0.3 is 0 Å². The minimum Gasteiger partial charge on any atom is -0.497 e. The summed E-state index contributed by atoms with van der Waals surface area (Å²) >= 11 is 3.49. The van der Waals surface area contributed by atoms with E-state index in [1.807, 2.05) is 48.5 Å². The zero-order valence-corrected chi connectivity index (χ0v) is 13.8. The van der Waals surface area contributed by atoms with Gasteiger partial charge in [-0.1, -0.05) is 41.1 Å². The second-order valence-electron chi connectivity index (χ2n) is 4.84. The molecule has 0 bridgehead atoms. The van der Waals surface area contributed by atoms with Gasteiger partial charge in [0.1, 0.15) is 17.6 Å². The third-order valence-corrected chi connectivity index (χ3v) is 3.83. The van der Waals surface area contributed by atoms with Gasteiger partial charge in [-0.05, 0) is 36.2 Å². The molecule has 2 rings (SSSR count). The second kappa shape index (κ2) is 7.48. The Morgan fingerprint density at radius 1 is 1.10 bits per heavy atom. The molecule has 0 aliphatic heterocycles. The van der Waals surface area contributed by atoms with Crippen molar-refractivity contribution in [1.82, 2.24) is 0 Å². The maximum atomic E-state index is 6.25. The fourth-order valence-corrected chi connectivity index (χ4v) is 2.54. The first kappa shape index (κ1) is 15.9. The lowest BCUT2D eigenvalue weighted by Crippen LogP contribution is -2.31. The highest BCUT2D eigenvalue weighted by Crippen LogP contribution is 2.29. The van der Waals surface area contributed by atoms with Gasteiger partial charge in [0.05, 0.1) is 7.11 Å². The lowest BCUT2D eigenvalue weighted by molar-refractivity contribution is 0.170. The van der Waals surface area contributed by atoms with Crippen molar-refractivity contribution in [1.29, 1.82) is 0 Å². The summed E-state index contributed by atoms with van der Waals surface area (Å²) in [5, 5.41) is 0. The topological polar surface area (TPSA) is 44.5 Å². The Balaban J connectivity index is 2.28. The summed E-state index contributed by atoms with van der Waals surface area (Å²) in [5.74, 6) is 1.52. The summed E-state index contributed by atoms with van der Waals surface area (Å²) in [6.07, 6.45) is 0.640. The highest BCUT2D eigenvalue weighted by Gasteiger charge is 2.21. The van der Waals surface area contributed by atoms with Crippen molar-refractivity contribution in [2.24, 2.45) is 5.73 Å². The molecule has 0 spiro atoms. The Morgan fingerprint density at radius 2 is 1.81 bits per heavy atom. The molecule has 0 saturated heterocycles. The van der Waals surface area contributed by atoms with Crippen molar-refractivity contribution in [3.63, 3.8) is 0 Å². The first-order valence-corrected chi connectivity index (χ1v) is 7.75. The molecule has 4 heteroatoms. The van der Waals surface area contributed by atoms with Crippen LogP contribution in [0.1, 0.15) is 25.0 Å². The smallest absolute Gasteiger partial charge is 0.139 e. The molecular formula is C17H20BrNO2. The number of halogens is 1.